The van der Waals surface area contributed by atoms with Gasteiger partial charge in [-0.1, -0.05) is 0 Å². The second-order valence-electron chi connectivity index (χ2n) is 9.13. The summed E-state index contributed by atoms with van der Waals surface area (Å²) in [6.07, 6.45) is 7.76. The summed E-state index contributed by atoms with van der Waals surface area (Å²) in [7, 11) is -2.21. The van der Waals surface area contributed by atoms with Gasteiger partial charge < -0.3 is 10.5 Å². The number of nitrogens with two attached hydrogens (primary N) is 2. The number of hydrogen-bond acceptors (Lipinski definition) is 8. The molecule has 1 saturated carbocycles. The number of fused-ring (bicyclic) bond motifs is 1. The Bertz CT molecular complexity index is 1450. The number of rotatable bonds is 7. The predicted molar refractivity (Wildman–Crippen MR) is 138 cm³/mol. The molecule has 1 fully saturated rings. The average molecular weight is 508 g/mol. The zero-order valence-electron chi connectivity index (χ0n) is 20.0. The van der Waals surface area contributed by atoms with E-state index in [2.05, 4.69) is 10.1 Å². The lowest BCUT2D eigenvalue weighted by Gasteiger charge is -2.26. The highest BCUT2D eigenvalue weighted by Crippen LogP contribution is 2.34. The van der Waals surface area contributed by atoms with E-state index < -0.39 is 10.0 Å². The largest absolute Gasteiger partial charge is 0.497 e. The number of methoxy groups -OCH3 is 1. The van der Waals surface area contributed by atoms with E-state index in [9.17, 15) is 8.42 Å². The number of nitrogens with zero attached hydrogens (tertiary/aromatic N) is 5. The number of aromatic nitrogens is 4. The summed E-state index contributed by atoms with van der Waals surface area (Å²) in [4.78, 5) is 11.4. The Kier molecular flexibility index (Phi) is 6.61. The van der Waals surface area contributed by atoms with Crippen molar-refractivity contribution in [3.05, 3.63) is 60.9 Å². The smallest absolute Gasteiger partial charge is 0.238 e. The molecule has 188 valence electrons. The Morgan fingerprint density at radius 3 is 2.25 bits per heavy atom. The van der Waals surface area contributed by atoms with Gasteiger partial charge in [0.2, 0.25) is 16.0 Å². The maximum absolute atomic E-state index is 11.8. The molecule has 5 rings (SSSR count). The van der Waals surface area contributed by atoms with E-state index in [1.807, 2.05) is 33.8 Å². The molecule has 36 heavy (non-hydrogen) atoms. The molecule has 0 spiro atoms. The second kappa shape index (κ2) is 9.84. The van der Waals surface area contributed by atoms with E-state index in [1.54, 1.807) is 31.6 Å². The molecule has 2 aromatic heterocycles. The fraction of sp³-hybridized carbons (Fsp3) is 0.320. The molecule has 10 nitrogen and oxygen atoms in total. The van der Waals surface area contributed by atoms with Gasteiger partial charge in [-0.15, -0.1) is 0 Å². The van der Waals surface area contributed by atoms with Crippen molar-refractivity contribution < 1.29 is 13.2 Å². The van der Waals surface area contributed by atoms with Gasteiger partial charge in [-0.2, -0.15) is 10.1 Å². The minimum atomic E-state index is -3.81. The topological polar surface area (TPSA) is 142 Å². The van der Waals surface area contributed by atoms with Crippen LogP contribution < -0.4 is 20.5 Å². The summed E-state index contributed by atoms with van der Waals surface area (Å²) in [5, 5.41) is 10.7. The van der Waals surface area contributed by atoms with Crippen LogP contribution in [0.4, 0.5) is 17.3 Å². The van der Waals surface area contributed by atoms with Crippen LogP contribution in [0.1, 0.15) is 25.7 Å². The fourth-order valence-electron chi connectivity index (χ4n) is 4.61. The molecule has 0 saturated heterocycles. The standard InChI is InChI=1S/C25H29N7O3S/c1-35-22-10-6-20(7-11-22)32(21-8-12-23(13-9-21)36(27,33)34)25-28-14-18-15-29-31(24(18)30-25)16-17-2-4-19(26)5-3-17/h6-15,17,19H,2-5,16,26H2,1H3,(H2,27,33,34). The third-order valence-corrected chi connectivity index (χ3v) is 7.57. The summed E-state index contributed by atoms with van der Waals surface area (Å²) in [6.45, 7) is 0.776. The van der Waals surface area contributed by atoms with Crippen LogP contribution in [0.5, 0.6) is 5.75 Å². The highest BCUT2D eigenvalue weighted by Gasteiger charge is 2.22. The van der Waals surface area contributed by atoms with Crippen LogP contribution in [0, 0.1) is 5.92 Å². The van der Waals surface area contributed by atoms with Gasteiger partial charge in [0.25, 0.3) is 0 Å². The van der Waals surface area contributed by atoms with Crippen LogP contribution in [-0.2, 0) is 16.6 Å². The highest BCUT2D eigenvalue weighted by molar-refractivity contribution is 7.89. The second-order valence-corrected chi connectivity index (χ2v) is 10.7. The minimum Gasteiger partial charge on any atom is -0.497 e. The summed E-state index contributed by atoms with van der Waals surface area (Å²) in [5.41, 5.74) is 8.29. The SMILES string of the molecule is COc1ccc(N(c2ccc(S(N)(=O)=O)cc2)c2ncc3cnn(CC4CCC(N)CC4)c3n2)cc1. The fourth-order valence-corrected chi connectivity index (χ4v) is 5.13. The van der Waals surface area contributed by atoms with E-state index in [-0.39, 0.29) is 4.90 Å². The van der Waals surface area contributed by atoms with E-state index in [0.29, 0.717) is 29.3 Å². The molecule has 4 aromatic rings. The average Bonchev–Trinajstić information content (AvgIpc) is 3.28. The maximum atomic E-state index is 11.8. The Morgan fingerprint density at radius 2 is 1.64 bits per heavy atom. The zero-order chi connectivity index (χ0) is 25.3. The first-order valence-corrected chi connectivity index (χ1v) is 13.4. The first kappa shape index (κ1) is 24.2. The van der Waals surface area contributed by atoms with Gasteiger partial charge in [-0.05, 0) is 80.1 Å². The molecule has 2 aromatic carbocycles. The van der Waals surface area contributed by atoms with Gasteiger partial charge >= 0.3 is 0 Å². The molecule has 2 heterocycles. The number of anilines is 3. The van der Waals surface area contributed by atoms with Gasteiger partial charge in [-0.25, -0.2) is 23.2 Å². The van der Waals surface area contributed by atoms with Gasteiger partial charge in [0.15, 0.2) is 5.65 Å². The van der Waals surface area contributed by atoms with Crippen molar-refractivity contribution in [1.29, 1.82) is 0 Å². The van der Waals surface area contributed by atoms with Crippen molar-refractivity contribution in [3.63, 3.8) is 0 Å². The van der Waals surface area contributed by atoms with Crippen LogP contribution in [0.2, 0.25) is 0 Å². The first-order valence-electron chi connectivity index (χ1n) is 11.8. The van der Waals surface area contributed by atoms with Crippen molar-refractivity contribution in [2.75, 3.05) is 12.0 Å². The van der Waals surface area contributed by atoms with Crippen molar-refractivity contribution >= 4 is 38.4 Å². The number of hydrogen-bond donors (Lipinski definition) is 2. The normalized spacial score (nSPS) is 18.3. The Hall–Kier alpha value is -3.54. The molecular formula is C25H29N7O3S. The summed E-state index contributed by atoms with van der Waals surface area (Å²) >= 11 is 0. The number of primary sulfonamides is 1. The monoisotopic (exact) mass is 507 g/mol. The van der Waals surface area contributed by atoms with E-state index in [0.717, 1.165) is 48.9 Å². The van der Waals surface area contributed by atoms with Gasteiger partial charge in [-0.3, -0.25) is 4.90 Å². The van der Waals surface area contributed by atoms with Crippen LogP contribution in [0.25, 0.3) is 11.0 Å². The van der Waals surface area contributed by atoms with E-state index >= 15 is 0 Å². The molecule has 0 amide bonds. The summed E-state index contributed by atoms with van der Waals surface area (Å²) < 4.78 is 30.8. The zero-order valence-corrected chi connectivity index (χ0v) is 20.8. The Balaban J connectivity index is 1.54. The Labute approximate surface area is 210 Å². The summed E-state index contributed by atoms with van der Waals surface area (Å²) in [5.74, 6) is 1.66. The molecule has 0 bridgehead atoms. The molecular weight excluding hydrogens is 478 g/mol. The minimum absolute atomic E-state index is 0.0302. The molecule has 1 aliphatic rings. The molecule has 0 radical (unpaired) electrons. The number of sulfonamides is 1. The molecule has 11 heteroatoms. The van der Waals surface area contributed by atoms with Crippen LogP contribution in [0.3, 0.4) is 0 Å². The third-order valence-electron chi connectivity index (χ3n) is 6.64. The highest BCUT2D eigenvalue weighted by atomic mass is 32.2. The Morgan fingerprint density at radius 1 is 1.00 bits per heavy atom. The molecule has 0 unspecified atom stereocenters. The van der Waals surface area contributed by atoms with Gasteiger partial charge in [0, 0.05) is 30.2 Å². The predicted octanol–water partition coefficient (Wildman–Crippen LogP) is 3.47. The van der Waals surface area contributed by atoms with Crippen molar-refractivity contribution in [2.45, 2.75) is 43.2 Å². The molecule has 0 atom stereocenters. The van der Waals surface area contributed by atoms with Crippen molar-refractivity contribution in [1.82, 2.24) is 19.7 Å². The molecule has 4 N–H and O–H groups in total. The number of benzene rings is 2. The third kappa shape index (κ3) is 5.03. The van der Waals surface area contributed by atoms with Crippen LogP contribution in [0.15, 0.2) is 65.8 Å². The van der Waals surface area contributed by atoms with Crippen LogP contribution >= 0.6 is 0 Å². The molecule has 1 aliphatic carbocycles. The van der Waals surface area contributed by atoms with E-state index in [1.165, 1.54) is 12.1 Å². The van der Waals surface area contributed by atoms with Crippen LogP contribution in [-0.4, -0.2) is 41.3 Å². The van der Waals surface area contributed by atoms with E-state index in [4.69, 9.17) is 20.6 Å². The number of ether oxygens (including phenoxy) is 1. The lowest BCUT2D eigenvalue weighted by atomic mass is 9.86. The first-order chi connectivity index (χ1) is 17.3. The lowest BCUT2D eigenvalue weighted by Crippen LogP contribution is -2.28. The van der Waals surface area contributed by atoms with Crippen molar-refractivity contribution in [3.8, 4) is 5.75 Å². The van der Waals surface area contributed by atoms with Gasteiger partial charge in [0.1, 0.15) is 5.75 Å². The lowest BCUT2D eigenvalue weighted by molar-refractivity contribution is 0.288. The van der Waals surface area contributed by atoms with Crippen molar-refractivity contribution in [2.24, 2.45) is 16.8 Å². The maximum Gasteiger partial charge on any atom is 0.238 e. The summed E-state index contributed by atoms with van der Waals surface area (Å²) in [6, 6.07) is 14.1. The molecule has 0 aliphatic heterocycles. The van der Waals surface area contributed by atoms with Gasteiger partial charge in [0.05, 0.1) is 23.6 Å². The quantitative estimate of drug-likeness (QED) is 0.387.